The molecule has 1 fully saturated rings. The fourth-order valence-corrected chi connectivity index (χ4v) is 2.86. The molecule has 4 nitrogen and oxygen atoms in total. The molecule has 2 aromatic rings. The lowest BCUT2D eigenvalue weighted by Crippen LogP contribution is -2.32. The summed E-state index contributed by atoms with van der Waals surface area (Å²) in [6.45, 7) is 3.83. The van der Waals surface area contributed by atoms with Gasteiger partial charge in [0.1, 0.15) is 0 Å². The minimum Gasteiger partial charge on any atom is -0.297 e. The first-order valence-corrected chi connectivity index (χ1v) is 6.80. The van der Waals surface area contributed by atoms with Crippen LogP contribution in [0.3, 0.4) is 0 Å². The zero-order valence-electron chi connectivity index (χ0n) is 10.8. The molecule has 0 bridgehead atoms. The van der Waals surface area contributed by atoms with Crippen LogP contribution in [0.4, 0.5) is 0 Å². The van der Waals surface area contributed by atoms with Gasteiger partial charge in [-0.1, -0.05) is 29.8 Å². The van der Waals surface area contributed by atoms with Crippen LogP contribution in [0.25, 0.3) is 10.9 Å². The third-order valence-corrected chi connectivity index (χ3v) is 3.98. The number of allylic oxidation sites excluding steroid dienone is 1. The minimum atomic E-state index is -0.457. The Kier molecular flexibility index (Phi) is 3.18. The summed E-state index contributed by atoms with van der Waals surface area (Å²) in [4.78, 5) is 28.9. The Morgan fingerprint density at radius 3 is 2.90 bits per heavy atom. The Balaban J connectivity index is 2.16. The summed E-state index contributed by atoms with van der Waals surface area (Å²) in [6, 6.07) is 4.68. The predicted octanol–water partition coefficient (Wildman–Crippen LogP) is 2.90. The van der Waals surface area contributed by atoms with Gasteiger partial charge in [0.25, 0.3) is 5.56 Å². The van der Waals surface area contributed by atoms with Gasteiger partial charge in [-0.2, -0.15) is 0 Å². The number of carbonyl (C=O) groups is 1. The number of hydrogen-bond acceptors (Lipinski definition) is 3. The second-order valence-corrected chi connectivity index (χ2v) is 5.45. The summed E-state index contributed by atoms with van der Waals surface area (Å²) in [7, 11) is 0. The van der Waals surface area contributed by atoms with Crippen LogP contribution >= 0.6 is 11.6 Å². The largest absolute Gasteiger partial charge is 0.297 e. The van der Waals surface area contributed by atoms with E-state index in [1.54, 1.807) is 18.2 Å². The Labute approximate surface area is 120 Å². The maximum absolute atomic E-state index is 12.5. The maximum atomic E-state index is 12.5. The molecule has 1 aliphatic rings. The van der Waals surface area contributed by atoms with Crippen molar-refractivity contribution in [2.75, 3.05) is 0 Å². The van der Waals surface area contributed by atoms with Crippen molar-refractivity contribution < 1.29 is 4.79 Å². The number of aromatic nitrogens is 2. The maximum Gasteiger partial charge on any atom is 0.263 e. The topological polar surface area (TPSA) is 52.0 Å². The lowest BCUT2D eigenvalue weighted by Gasteiger charge is -2.24. The summed E-state index contributed by atoms with van der Waals surface area (Å²) in [5.74, 6) is 0.0107. The normalized spacial score (nSPS) is 19.6. The third-order valence-electron chi connectivity index (χ3n) is 3.66. The lowest BCUT2D eigenvalue weighted by molar-refractivity contribution is -0.122. The van der Waals surface area contributed by atoms with Crippen LogP contribution in [-0.2, 0) is 4.79 Å². The summed E-state index contributed by atoms with van der Waals surface area (Å²) in [6.07, 6.45) is 3.12. The van der Waals surface area contributed by atoms with E-state index in [1.807, 2.05) is 0 Å². The van der Waals surface area contributed by atoms with Gasteiger partial charge in [-0.25, -0.2) is 4.98 Å². The molecule has 20 heavy (non-hydrogen) atoms. The van der Waals surface area contributed by atoms with E-state index in [2.05, 4.69) is 11.6 Å². The highest BCUT2D eigenvalue weighted by atomic mass is 35.5. The number of fused-ring (bicyclic) bond motifs is 1. The van der Waals surface area contributed by atoms with Crippen LogP contribution in [0.1, 0.15) is 25.3 Å². The van der Waals surface area contributed by atoms with Gasteiger partial charge in [0, 0.05) is 6.42 Å². The number of Topliss-reactive ketones (excluding diaryl/α,β-unsaturated/α-hetero) is 1. The molecule has 0 aliphatic heterocycles. The van der Waals surface area contributed by atoms with E-state index in [1.165, 1.54) is 10.9 Å². The highest BCUT2D eigenvalue weighted by Crippen LogP contribution is 2.27. The van der Waals surface area contributed by atoms with Crippen molar-refractivity contribution >= 4 is 28.3 Å². The molecule has 1 aromatic heterocycles. The first kappa shape index (κ1) is 13.1. The van der Waals surface area contributed by atoms with Gasteiger partial charge in [0.15, 0.2) is 5.78 Å². The molecule has 3 rings (SSSR count). The number of halogens is 1. The van der Waals surface area contributed by atoms with Crippen LogP contribution < -0.4 is 5.56 Å². The summed E-state index contributed by atoms with van der Waals surface area (Å²) < 4.78 is 1.41. The fourth-order valence-electron chi connectivity index (χ4n) is 2.61. The molecule has 1 atom stereocenters. The average Bonchev–Trinajstić information content (AvgIpc) is 2.40. The first-order chi connectivity index (χ1) is 9.58. The van der Waals surface area contributed by atoms with Gasteiger partial charge in [0.05, 0.1) is 28.3 Å². The van der Waals surface area contributed by atoms with Gasteiger partial charge >= 0.3 is 0 Å². The molecule has 0 saturated heterocycles. The zero-order valence-corrected chi connectivity index (χ0v) is 11.6. The number of nitrogens with zero attached hydrogens (tertiary/aromatic N) is 2. The Morgan fingerprint density at radius 2 is 2.15 bits per heavy atom. The first-order valence-electron chi connectivity index (χ1n) is 6.42. The summed E-state index contributed by atoms with van der Waals surface area (Å²) in [5, 5.41) is 0.732. The van der Waals surface area contributed by atoms with Gasteiger partial charge in [-0.3, -0.25) is 14.2 Å². The molecular formula is C15H13ClN2O2. The van der Waals surface area contributed by atoms with Crippen molar-refractivity contribution in [2.45, 2.75) is 25.3 Å². The van der Waals surface area contributed by atoms with Crippen LogP contribution in [0, 0.1) is 0 Å². The van der Waals surface area contributed by atoms with E-state index in [-0.39, 0.29) is 11.3 Å². The second-order valence-electron chi connectivity index (χ2n) is 5.04. The monoisotopic (exact) mass is 288 g/mol. The summed E-state index contributed by atoms with van der Waals surface area (Å²) >= 11 is 6.08. The van der Waals surface area contributed by atoms with Gasteiger partial charge < -0.3 is 0 Å². The number of benzene rings is 1. The predicted molar refractivity (Wildman–Crippen MR) is 78.0 cm³/mol. The molecule has 1 unspecified atom stereocenters. The number of ketones is 1. The SMILES string of the molecule is C=C1CCC(n2cnc3cccc(Cl)c3c2=O)C(=O)C1. The molecule has 5 heteroatoms. The van der Waals surface area contributed by atoms with Crippen LogP contribution in [-0.4, -0.2) is 15.3 Å². The number of hydrogen-bond donors (Lipinski definition) is 0. The standard InChI is InChI=1S/C15H13ClN2O2/c1-9-5-6-12(13(19)7-9)18-8-17-11-4-2-3-10(16)14(11)15(18)20/h2-4,8,12H,1,5-7H2. The Hall–Kier alpha value is -1.94. The molecule has 0 radical (unpaired) electrons. The van der Waals surface area contributed by atoms with E-state index in [4.69, 9.17) is 11.6 Å². The molecule has 1 saturated carbocycles. The van der Waals surface area contributed by atoms with Gasteiger partial charge in [-0.05, 0) is 25.0 Å². The van der Waals surface area contributed by atoms with Crippen LogP contribution in [0.15, 0.2) is 41.5 Å². The van der Waals surface area contributed by atoms with Crippen molar-refractivity contribution in [3.8, 4) is 0 Å². The molecule has 102 valence electrons. The second kappa shape index (κ2) is 4.87. The van der Waals surface area contributed by atoms with E-state index in [0.29, 0.717) is 28.8 Å². The summed E-state index contributed by atoms with van der Waals surface area (Å²) in [5.41, 5.74) is 1.21. The molecule has 0 N–H and O–H groups in total. The Bertz CT molecular complexity index is 779. The number of rotatable bonds is 1. The van der Waals surface area contributed by atoms with E-state index >= 15 is 0 Å². The van der Waals surface area contributed by atoms with Gasteiger partial charge in [-0.15, -0.1) is 0 Å². The fraction of sp³-hybridized carbons (Fsp3) is 0.267. The van der Waals surface area contributed by atoms with E-state index in [9.17, 15) is 9.59 Å². The molecular weight excluding hydrogens is 276 g/mol. The molecule has 0 amide bonds. The van der Waals surface area contributed by atoms with Crippen LogP contribution in [0.2, 0.25) is 5.02 Å². The average molecular weight is 289 g/mol. The van der Waals surface area contributed by atoms with E-state index in [0.717, 1.165) is 12.0 Å². The molecule has 1 aliphatic carbocycles. The minimum absolute atomic E-state index is 0.0107. The van der Waals surface area contributed by atoms with Crippen LogP contribution in [0.5, 0.6) is 0 Å². The molecule has 1 heterocycles. The quantitative estimate of drug-likeness (QED) is 0.758. The smallest absolute Gasteiger partial charge is 0.263 e. The van der Waals surface area contributed by atoms with E-state index < -0.39 is 6.04 Å². The zero-order chi connectivity index (χ0) is 14.3. The molecule has 0 spiro atoms. The van der Waals surface area contributed by atoms with Crippen molar-refractivity contribution in [2.24, 2.45) is 0 Å². The van der Waals surface area contributed by atoms with Crippen molar-refractivity contribution in [1.29, 1.82) is 0 Å². The van der Waals surface area contributed by atoms with Crippen molar-refractivity contribution in [3.05, 3.63) is 52.1 Å². The van der Waals surface area contributed by atoms with Crippen molar-refractivity contribution in [3.63, 3.8) is 0 Å². The van der Waals surface area contributed by atoms with Crippen molar-refractivity contribution in [1.82, 2.24) is 9.55 Å². The third kappa shape index (κ3) is 2.06. The number of carbonyl (C=O) groups excluding carboxylic acids is 1. The highest BCUT2D eigenvalue weighted by Gasteiger charge is 2.27. The highest BCUT2D eigenvalue weighted by molar-refractivity contribution is 6.35. The molecule has 1 aromatic carbocycles. The Morgan fingerprint density at radius 1 is 1.35 bits per heavy atom. The lowest BCUT2D eigenvalue weighted by atomic mass is 9.90. The van der Waals surface area contributed by atoms with Gasteiger partial charge in [0.2, 0.25) is 0 Å².